The van der Waals surface area contributed by atoms with E-state index in [9.17, 15) is 53.3 Å². The summed E-state index contributed by atoms with van der Waals surface area (Å²) in [6.07, 6.45) is -11.3. The average molecular weight is 727 g/mol. The molecule has 4 rings (SSSR count). The second kappa shape index (κ2) is 14.0. The highest BCUT2D eigenvalue weighted by Gasteiger charge is 2.51. The minimum absolute atomic E-state index is 0.0343. The molecule has 18 heteroatoms. The first kappa shape index (κ1) is 38.3. The van der Waals surface area contributed by atoms with Crippen LogP contribution in [0.2, 0.25) is 0 Å². The van der Waals surface area contributed by atoms with Crippen molar-refractivity contribution in [2.24, 2.45) is 0 Å². The Kier molecular flexibility index (Phi) is 11.0. The summed E-state index contributed by atoms with van der Waals surface area (Å²) in [5.74, 6) is -1.76. The number of alkyl halides is 6. The van der Waals surface area contributed by atoms with Gasteiger partial charge in [0, 0.05) is 52.7 Å². The van der Waals surface area contributed by atoms with Gasteiger partial charge in [0.05, 0.1) is 22.7 Å². The maximum absolute atomic E-state index is 14.3. The number of piperidine rings is 1. The van der Waals surface area contributed by atoms with Crippen LogP contribution in [0.25, 0.3) is 0 Å². The second-order valence-corrected chi connectivity index (χ2v) is 13.9. The molecular formula is C31H37F7N4O6S. The van der Waals surface area contributed by atoms with Crippen LogP contribution in [0, 0.1) is 12.7 Å². The fourth-order valence-corrected chi connectivity index (χ4v) is 7.61. The van der Waals surface area contributed by atoms with Crippen molar-refractivity contribution >= 4 is 22.1 Å². The molecular weight excluding hydrogens is 689 g/mol. The van der Waals surface area contributed by atoms with Gasteiger partial charge in [0.25, 0.3) is 10.1 Å². The fraction of sp³-hybridized carbons (Fsp3) is 0.548. The molecule has 2 amide bonds. The van der Waals surface area contributed by atoms with Crippen LogP contribution in [0.15, 0.2) is 36.4 Å². The first-order valence-electron chi connectivity index (χ1n) is 15.2. The van der Waals surface area contributed by atoms with E-state index in [-0.39, 0.29) is 42.1 Å². The van der Waals surface area contributed by atoms with E-state index in [1.165, 1.54) is 26.8 Å². The van der Waals surface area contributed by atoms with Crippen LogP contribution in [0.1, 0.15) is 60.5 Å². The lowest BCUT2D eigenvalue weighted by Gasteiger charge is -2.51. The predicted octanol–water partition coefficient (Wildman–Crippen LogP) is 5.63. The molecule has 1 N–H and O–H groups in total. The lowest BCUT2D eigenvalue weighted by Crippen LogP contribution is -2.62. The SMILES string of the molecule is CC(=O)N1CCN([C@H]2CCN(OC(=O)N(C)[C@H](C)c3cc(C(F)(F)F)cc(C(F)(F)F)c3)[C@@](CS(=O)(=O)O)(c3ccc(F)cc3C)C2)CC1. The zero-order valence-corrected chi connectivity index (χ0v) is 27.9. The molecule has 10 nitrogen and oxygen atoms in total. The summed E-state index contributed by atoms with van der Waals surface area (Å²) in [7, 11) is -3.75. The molecule has 272 valence electrons. The molecule has 0 unspecified atom stereocenters. The van der Waals surface area contributed by atoms with Gasteiger partial charge in [0.1, 0.15) is 11.6 Å². The third-order valence-electron chi connectivity index (χ3n) is 9.25. The average Bonchev–Trinajstić information content (AvgIpc) is 2.99. The maximum atomic E-state index is 14.3. The molecule has 2 aliphatic rings. The number of benzene rings is 2. The van der Waals surface area contributed by atoms with Gasteiger partial charge in [-0.2, -0.15) is 34.8 Å². The maximum Gasteiger partial charge on any atom is 0.429 e. The standard InChI is InChI=1S/C31H37F7N4O6S/c1-19-13-25(32)5-6-27(19)29(18-49(45,46)47)17-26(41-11-9-40(10-12-41)21(3)43)7-8-42(29)48-28(44)39(4)20(2)22-14-23(30(33,34)35)16-24(15-22)31(36,37)38/h5-6,13-16,20,26H,7-12,17-18H2,1-4H3,(H,45,46,47)/t20-,26+,29+/m1/s1. The van der Waals surface area contributed by atoms with Gasteiger partial charge in [0.2, 0.25) is 5.91 Å². The van der Waals surface area contributed by atoms with Crippen molar-refractivity contribution in [1.82, 2.24) is 19.8 Å². The number of hydrogen-bond acceptors (Lipinski definition) is 7. The molecule has 2 saturated heterocycles. The number of carbonyl (C=O) groups is 2. The van der Waals surface area contributed by atoms with Crippen LogP contribution < -0.4 is 0 Å². The topological polar surface area (TPSA) is 111 Å². The number of piperazine rings is 1. The van der Waals surface area contributed by atoms with Crippen LogP contribution in [-0.4, -0.2) is 96.3 Å². The van der Waals surface area contributed by atoms with Crippen molar-refractivity contribution in [3.05, 3.63) is 70.0 Å². The largest absolute Gasteiger partial charge is 0.429 e. The normalized spacial score (nSPS) is 22.1. The molecule has 2 aromatic carbocycles. The molecule has 0 spiro atoms. The summed E-state index contributed by atoms with van der Waals surface area (Å²) >= 11 is 0. The van der Waals surface area contributed by atoms with Gasteiger partial charge in [-0.1, -0.05) is 6.07 Å². The Balaban J connectivity index is 1.71. The van der Waals surface area contributed by atoms with E-state index in [4.69, 9.17) is 4.84 Å². The fourth-order valence-electron chi connectivity index (χ4n) is 6.59. The lowest BCUT2D eigenvalue weighted by molar-refractivity contribution is -0.206. The first-order chi connectivity index (χ1) is 22.5. The number of carbonyl (C=O) groups excluding carboxylic acids is 2. The van der Waals surface area contributed by atoms with Crippen LogP contribution in [0.4, 0.5) is 35.5 Å². The van der Waals surface area contributed by atoms with Gasteiger partial charge in [-0.3, -0.25) is 14.2 Å². The Bertz CT molecular complexity index is 1630. The van der Waals surface area contributed by atoms with Crippen molar-refractivity contribution in [2.75, 3.05) is 45.5 Å². The number of halogens is 7. The van der Waals surface area contributed by atoms with Gasteiger partial charge < -0.3 is 14.6 Å². The second-order valence-electron chi connectivity index (χ2n) is 12.5. The molecule has 0 saturated carbocycles. The van der Waals surface area contributed by atoms with Gasteiger partial charge in [-0.15, -0.1) is 5.06 Å². The molecule has 3 atom stereocenters. The van der Waals surface area contributed by atoms with Crippen molar-refractivity contribution in [3.8, 4) is 0 Å². The number of rotatable bonds is 7. The Morgan fingerprint density at radius 1 is 1.00 bits per heavy atom. The first-order valence-corrected chi connectivity index (χ1v) is 16.9. The Morgan fingerprint density at radius 2 is 1.57 bits per heavy atom. The van der Waals surface area contributed by atoms with Crippen molar-refractivity contribution < 1.29 is 58.1 Å². The third-order valence-corrected chi connectivity index (χ3v) is 10.1. The summed E-state index contributed by atoms with van der Waals surface area (Å²) in [4.78, 5) is 35.6. The van der Waals surface area contributed by atoms with Gasteiger partial charge in [-0.25, -0.2) is 9.18 Å². The number of amides is 2. The van der Waals surface area contributed by atoms with Crippen molar-refractivity contribution in [2.45, 2.75) is 63.6 Å². The monoisotopic (exact) mass is 726 g/mol. The van der Waals surface area contributed by atoms with Crippen molar-refractivity contribution in [3.63, 3.8) is 0 Å². The summed E-state index contributed by atoms with van der Waals surface area (Å²) in [5.41, 5.74) is -4.99. The van der Waals surface area contributed by atoms with Gasteiger partial charge in [0.15, 0.2) is 0 Å². The van der Waals surface area contributed by atoms with E-state index in [1.54, 1.807) is 4.90 Å². The Morgan fingerprint density at radius 3 is 2.06 bits per heavy atom. The van der Waals surface area contributed by atoms with E-state index in [0.717, 1.165) is 29.1 Å². The highest BCUT2D eigenvalue weighted by molar-refractivity contribution is 7.85. The number of nitrogens with zero attached hydrogens (tertiary/aromatic N) is 4. The van der Waals surface area contributed by atoms with Crippen LogP contribution >= 0.6 is 0 Å². The Labute approximate surface area is 279 Å². The number of aryl methyl sites for hydroxylation is 1. The summed E-state index contributed by atoms with van der Waals surface area (Å²) < 4.78 is 131. The smallest absolute Gasteiger partial charge is 0.350 e. The van der Waals surface area contributed by atoms with Gasteiger partial charge >= 0.3 is 18.4 Å². The van der Waals surface area contributed by atoms with Crippen LogP contribution in [0.3, 0.4) is 0 Å². The van der Waals surface area contributed by atoms with Crippen LogP contribution in [-0.2, 0) is 37.6 Å². The third kappa shape index (κ3) is 8.82. The summed E-state index contributed by atoms with van der Waals surface area (Å²) in [5, 5.41) is 1.03. The van der Waals surface area contributed by atoms with E-state index in [0.29, 0.717) is 44.7 Å². The van der Waals surface area contributed by atoms with E-state index in [2.05, 4.69) is 0 Å². The minimum atomic E-state index is -5.12. The Hall–Kier alpha value is -3.48. The molecule has 49 heavy (non-hydrogen) atoms. The quantitative estimate of drug-likeness (QED) is 0.289. The van der Waals surface area contributed by atoms with E-state index < -0.39 is 68.4 Å². The van der Waals surface area contributed by atoms with Crippen molar-refractivity contribution in [1.29, 1.82) is 0 Å². The predicted molar refractivity (Wildman–Crippen MR) is 162 cm³/mol. The number of hydrogen-bond donors (Lipinski definition) is 1. The highest BCUT2D eigenvalue weighted by atomic mass is 32.2. The molecule has 0 radical (unpaired) electrons. The molecule has 0 aliphatic carbocycles. The number of hydroxylamine groups is 2. The van der Waals surface area contributed by atoms with Crippen LogP contribution in [0.5, 0.6) is 0 Å². The molecule has 0 aromatic heterocycles. The van der Waals surface area contributed by atoms with E-state index >= 15 is 0 Å². The molecule has 2 aliphatic heterocycles. The van der Waals surface area contributed by atoms with Gasteiger partial charge in [-0.05, 0) is 73.7 Å². The zero-order valence-electron chi connectivity index (χ0n) is 27.1. The lowest BCUT2D eigenvalue weighted by atomic mass is 9.78. The van der Waals surface area contributed by atoms with E-state index in [1.807, 2.05) is 4.90 Å². The highest BCUT2D eigenvalue weighted by Crippen LogP contribution is 2.43. The summed E-state index contributed by atoms with van der Waals surface area (Å²) in [6, 6.07) is 2.71. The summed E-state index contributed by atoms with van der Waals surface area (Å²) in [6.45, 7) is 5.69. The molecule has 2 heterocycles. The zero-order chi connectivity index (χ0) is 36.7. The minimum Gasteiger partial charge on any atom is -0.350 e. The molecule has 2 fully saturated rings. The molecule has 2 aromatic rings. The molecule has 0 bridgehead atoms.